The lowest BCUT2D eigenvalue weighted by atomic mass is 10.2. The first-order valence-electron chi connectivity index (χ1n) is 7.86. The molecule has 5 nitrogen and oxygen atoms in total. The number of halogens is 2. The van der Waals surface area contributed by atoms with Crippen LogP contribution in [0.4, 0.5) is 20.3 Å². The molecule has 3 aromatic rings. The summed E-state index contributed by atoms with van der Waals surface area (Å²) in [4.78, 5) is 22.1. The van der Waals surface area contributed by atoms with E-state index in [2.05, 4.69) is 15.3 Å². The molecule has 0 aliphatic heterocycles. The molecule has 1 N–H and O–H groups in total. The zero-order valence-electron chi connectivity index (χ0n) is 14.0. The average molecular weight is 354 g/mol. The second-order valence-electron chi connectivity index (χ2n) is 5.68. The highest BCUT2D eigenvalue weighted by atomic mass is 19.1. The van der Waals surface area contributed by atoms with E-state index in [9.17, 15) is 13.6 Å². The number of amides is 1. The van der Waals surface area contributed by atoms with Gasteiger partial charge in [0.05, 0.1) is 18.1 Å². The number of benzene rings is 2. The first-order chi connectivity index (χ1) is 12.5. The highest BCUT2D eigenvalue weighted by Gasteiger charge is 2.14. The molecular formula is C19H16F2N4O. The van der Waals surface area contributed by atoms with Gasteiger partial charge in [-0.3, -0.25) is 4.79 Å². The molecule has 0 radical (unpaired) electrons. The Kier molecular flexibility index (Phi) is 5.17. The van der Waals surface area contributed by atoms with Crippen molar-refractivity contribution in [2.75, 3.05) is 12.4 Å². The summed E-state index contributed by atoms with van der Waals surface area (Å²) in [6.07, 6.45) is 2.64. The van der Waals surface area contributed by atoms with Crippen molar-refractivity contribution in [1.29, 1.82) is 0 Å². The van der Waals surface area contributed by atoms with Gasteiger partial charge in [0, 0.05) is 19.7 Å². The Labute approximate surface area is 149 Å². The number of anilines is 2. The number of nitrogens with one attached hydrogen (secondary N) is 1. The van der Waals surface area contributed by atoms with Gasteiger partial charge in [0.2, 0.25) is 0 Å². The molecule has 0 unspecified atom stereocenters. The molecule has 0 fully saturated rings. The fraction of sp³-hybridized carbons (Fsp3) is 0.105. The van der Waals surface area contributed by atoms with Crippen LogP contribution in [0.25, 0.3) is 0 Å². The topological polar surface area (TPSA) is 58.1 Å². The minimum atomic E-state index is -0.741. The number of carbonyl (C=O) groups excluding carboxylic acids is 1. The molecule has 132 valence electrons. The zero-order chi connectivity index (χ0) is 18.5. The maximum atomic E-state index is 13.6. The summed E-state index contributed by atoms with van der Waals surface area (Å²) >= 11 is 0. The molecule has 3 rings (SSSR count). The Morgan fingerprint density at radius 2 is 1.85 bits per heavy atom. The van der Waals surface area contributed by atoms with E-state index < -0.39 is 11.6 Å². The van der Waals surface area contributed by atoms with Crippen molar-refractivity contribution < 1.29 is 13.6 Å². The summed E-state index contributed by atoms with van der Waals surface area (Å²) in [6, 6.07) is 12.7. The van der Waals surface area contributed by atoms with Crippen LogP contribution in [0.3, 0.4) is 0 Å². The normalized spacial score (nSPS) is 10.4. The van der Waals surface area contributed by atoms with Crippen LogP contribution in [0.5, 0.6) is 0 Å². The van der Waals surface area contributed by atoms with Gasteiger partial charge in [-0.15, -0.1) is 0 Å². The van der Waals surface area contributed by atoms with Crippen molar-refractivity contribution in [2.45, 2.75) is 6.54 Å². The molecule has 0 atom stereocenters. The summed E-state index contributed by atoms with van der Waals surface area (Å²) in [5.74, 6) is -1.44. The van der Waals surface area contributed by atoms with Crippen LogP contribution in [-0.2, 0) is 6.54 Å². The van der Waals surface area contributed by atoms with Gasteiger partial charge in [-0.25, -0.2) is 18.7 Å². The standard InChI is InChI=1S/C19H16F2N4O/c1-25(12-13-5-3-2-4-6-13)19(26)17-10-23-18(11-22-17)24-16-8-7-14(20)9-15(16)21/h2-11H,12H2,1H3,(H,23,24). The molecule has 1 aromatic heterocycles. The predicted molar refractivity (Wildman–Crippen MR) is 93.9 cm³/mol. The number of rotatable bonds is 5. The van der Waals surface area contributed by atoms with Gasteiger partial charge in [-0.05, 0) is 17.7 Å². The molecule has 1 heterocycles. The Morgan fingerprint density at radius 3 is 2.50 bits per heavy atom. The third kappa shape index (κ3) is 4.18. The lowest BCUT2D eigenvalue weighted by Crippen LogP contribution is -2.27. The summed E-state index contributed by atoms with van der Waals surface area (Å²) in [7, 11) is 1.68. The van der Waals surface area contributed by atoms with Crippen molar-refractivity contribution in [3.8, 4) is 0 Å². The second kappa shape index (κ2) is 7.69. The minimum absolute atomic E-state index is 0.0703. The van der Waals surface area contributed by atoms with Gasteiger partial charge in [-0.1, -0.05) is 30.3 Å². The highest BCUT2D eigenvalue weighted by molar-refractivity contribution is 5.91. The van der Waals surface area contributed by atoms with E-state index in [1.807, 2.05) is 30.3 Å². The van der Waals surface area contributed by atoms with E-state index in [0.717, 1.165) is 17.7 Å². The van der Waals surface area contributed by atoms with E-state index in [1.165, 1.54) is 23.4 Å². The molecule has 2 aromatic carbocycles. The fourth-order valence-corrected chi connectivity index (χ4v) is 2.36. The summed E-state index contributed by atoms with van der Waals surface area (Å²) in [5, 5.41) is 2.69. The summed E-state index contributed by atoms with van der Waals surface area (Å²) in [6.45, 7) is 0.447. The number of hydrogen-bond donors (Lipinski definition) is 1. The molecule has 0 aliphatic carbocycles. The Bertz CT molecular complexity index is 901. The quantitative estimate of drug-likeness (QED) is 0.758. The molecule has 26 heavy (non-hydrogen) atoms. The zero-order valence-corrected chi connectivity index (χ0v) is 14.0. The monoisotopic (exact) mass is 354 g/mol. The maximum Gasteiger partial charge on any atom is 0.274 e. The first kappa shape index (κ1) is 17.5. The molecule has 0 saturated heterocycles. The second-order valence-corrected chi connectivity index (χ2v) is 5.68. The molecule has 7 heteroatoms. The fourth-order valence-electron chi connectivity index (χ4n) is 2.36. The molecule has 0 saturated carbocycles. The van der Waals surface area contributed by atoms with Crippen molar-refractivity contribution in [3.63, 3.8) is 0 Å². The third-order valence-electron chi connectivity index (χ3n) is 3.67. The van der Waals surface area contributed by atoms with Gasteiger partial charge in [-0.2, -0.15) is 0 Å². The van der Waals surface area contributed by atoms with Crippen LogP contribution >= 0.6 is 0 Å². The number of aromatic nitrogens is 2. The SMILES string of the molecule is CN(Cc1ccccc1)C(=O)c1cnc(Nc2ccc(F)cc2F)cn1. The Hall–Kier alpha value is -3.35. The Balaban J connectivity index is 1.67. The van der Waals surface area contributed by atoms with Crippen LogP contribution in [0.2, 0.25) is 0 Å². The largest absolute Gasteiger partial charge is 0.337 e. The molecule has 0 spiro atoms. The summed E-state index contributed by atoms with van der Waals surface area (Å²) in [5.41, 5.74) is 1.25. The molecule has 1 amide bonds. The van der Waals surface area contributed by atoms with Gasteiger partial charge in [0.1, 0.15) is 23.1 Å². The van der Waals surface area contributed by atoms with Crippen molar-refractivity contribution in [3.05, 3.63) is 83.8 Å². The van der Waals surface area contributed by atoms with Crippen LogP contribution in [0, 0.1) is 11.6 Å². The van der Waals surface area contributed by atoms with Crippen LogP contribution in [0.1, 0.15) is 16.1 Å². The lowest BCUT2D eigenvalue weighted by Gasteiger charge is -2.16. The van der Waals surface area contributed by atoms with Crippen molar-refractivity contribution in [2.24, 2.45) is 0 Å². The minimum Gasteiger partial charge on any atom is -0.337 e. The van der Waals surface area contributed by atoms with E-state index in [0.29, 0.717) is 6.54 Å². The summed E-state index contributed by atoms with van der Waals surface area (Å²) < 4.78 is 26.6. The van der Waals surface area contributed by atoms with Gasteiger partial charge >= 0.3 is 0 Å². The van der Waals surface area contributed by atoms with Gasteiger partial charge in [0.25, 0.3) is 5.91 Å². The van der Waals surface area contributed by atoms with E-state index in [1.54, 1.807) is 7.05 Å². The van der Waals surface area contributed by atoms with Crippen LogP contribution in [-0.4, -0.2) is 27.8 Å². The predicted octanol–water partition coefficient (Wildman–Crippen LogP) is 3.77. The highest BCUT2D eigenvalue weighted by Crippen LogP contribution is 2.19. The first-order valence-corrected chi connectivity index (χ1v) is 7.86. The van der Waals surface area contributed by atoms with Crippen LogP contribution in [0.15, 0.2) is 60.9 Å². The number of nitrogens with zero attached hydrogens (tertiary/aromatic N) is 3. The molecule has 0 bridgehead atoms. The third-order valence-corrected chi connectivity index (χ3v) is 3.67. The number of hydrogen-bond acceptors (Lipinski definition) is 4. The Morgan fingerprint density at radius 1 is 1.08 bits per heavy atom. The molecule has 0 aliphatic rings. The van der Waals surface area contributed by atoms with E-state index in [4.69, 9.17) is 0 Å². The number of carbonyl (C=O) groups is 1. The van der Waals surface area contributed by atoms with E-state index in [-0.39, 0.29) is 23.1 Å². The van der Waals surface area contributed by atoms with E-state index >= 15 is 0 Å². The van der Waals surface area contributed by atoms with Crippen molar-refractivity contribution >= 4 is 17.4 Å². The van der Waals surface area contributed by atoms with Crippen molar-refractivity contribution in [1.82, 2.24) is 14.9 Å². The lowest BCUT2D eigenvalue weighted by molar-refractivity contribution is 0.0779. The molecular weight excluding hydrogens is 338 g/mol. The average Bonchev–Trinajstić information content (AvgIpc) is 2.65. The maximum absolute atomic E-state index is 13.6. The smallest absolute Gasteiger partial charge is 0.274 e. The van der Waals surface area contributed by atoms with Gasteiger partial charge in [0.15, 0.2) is 0 Å². The van der Waals surface area contributed by atoms with Crippen LogP contribution < -0.4 is 5.32 Å². The van der Waals surface area contributed by atoms with Gasteiger partial charge < -0.3 is 10.2 Å².